The average Bonchev–Trinajstić information content (AvgIpc) is 2.30. The number of anilines is 1. The molecule has 0 fully saturated rings. The van der Waals surface area contributed by atoms with Gasteiger partial charge in [-0.2, -0.15) is 0 Å². The molecule has 1 nitrogen and oxygen atoms in total. The summed E-state index contributed by atoms with van der Waals surface area (Å²) in [5, 5.41) is 3.49. The molecule has 0 radical (unpaired) electrons. The molecule has 0 aromatic heterocycles. The van der Waals surface area contributed by atoms with E-state index in [-0.39, 0.29) is 12.4 Å². The summed E-state index contributed by atoms with van der Waals surface area (Å²) in [5.41, 5.74) is 4.26. The number of para-hydroxylation sites is 1. The van der Waals surface area contributed by atoms with E-state index in [2.05, 4.69) is 30.4 Å². The zero-order valence-electron chi connectivity index (χ0n) is 7.97. The predicted octanol–water partition coefficient (Wildman–Crippen LogP) is 3.17. The van der Waals surface area contributed by atoms with E-state index < -0.39 is 0 Å². The Balaban J connectivity index is 0.000000845. The third kappa shape index (κ3) is 2.16. The van der Waals surface area contributed by atoms with Gasteiger partial charge in [-0.05, 0) is 37.3 Å². The molecule has 2 heteroatoms. The first-order chi connectivity index (χ1) is 5.88. The van der Waals surface area contributed by atoms with E-state index >= 15 is 0 Å². The zero-order valence-corrected chi connectivity index (χ0v) is 8.79. The molecule has 0 unspecified atom stereocenters. The van der Waals surface area contributed by atoms with Crippen LogP contribution in [0.25, 0.3) is 0 Å². The number of aryl methyl sites for hydroxylation is 2. The lowest BCUT2D eigenvalue weighted by Crippen LogP contribution is -2.01. The summed E-state index contributed by atoms with van der Waals surface area (Å²) < 4.78 is 0. The van der Waals surface area contributed by atoms with E-state index in [0.29, 0.717) is 0 Å². The first-order valence-electron chi connectivity index (χ1n) is 4.70. The van der Waals surface area contributed by atoms with Gasteiger partial charge in [0.2, 0.25) is 0 Å². The van der Waals surface area contributed by atoms with Crippen molar-refractivity contribution in [1.82, 2.24) is 0 Å². The van der Waals surface area contributed by atoms with Crippen LogP contribution in [0.15, 0.2) is 18.2 Å². The van der Waals surface area contributed by atoms with Gasteiger partial charge in [0.15, 0.2) is 0 Å². The topological polar surface area (TPSA) is 12.0 Å². The summed E-state index contributed by atoms with van der Waals surface area (Å²) in [7, 11) is 0. The summed E-state index contributed by atoms with van der Waals surface area (Å²) in [5.74, 6) is 0. The third-order valence-electron chi connectivity index (χ3n) is 2.53. The van der Waals surface area contributed by atoms with Crippen LogP contribution in [0.3, 0.4) is 0 Å². The smallest absolute Gasteiger partial charge is 0.0402 e. The van der Waals surface area contributed by atoms with Crippen LogP contribution in [0.5, 0.6) is 0 Å². The van der Waals surface area contributed by atoms with E-state index in [9.17, 15) is 0 Å². The van der Waals surface area contributed by atoms with Gasteiger partial charge in [0.05, 0.1) is 0 Å². The first kappa shape index (κ1) is 10.4. The van der Waals surface area contributed by atoms with Crippen molar-refractivity contribution in [3.63, 3.8) is 0 Å². The largest absolute Gasteiger partial charge is 0.385 e. The maximum atomic E-state index is 3.49. The third-order valence-corrected chi connectivity index (χ3v) is 2.53. The Morgan fingerprint density at radius 1 is 1.23 bits per heavy atom. The van der Waals surface area contributed by atoms with Crippen LogP contribution in [0.2, 0.25) is 0 Å². The minimum Gasteiger partial charge on any atom is -0.385 e. The van der Waals surface area contributed by atoms with Gasteiger partial charge in [-0.1, -0.05) is 18.2 Å². The summed E-state index contributed by atoms with van der Waals surface area (Å²) >= 11 is 0. The first-order valence-corrected chi connectivity index (χ1v) is 4.70. The van der Waals surface area contributed by atoms with Gasteiger partial charge in [0.25, 0.3) is 0 Å². The lowest BCUT2D eigenvalue weighted by atomic mass is 10.0. The van der Waals surface area contributed by atoms with Crippen LogP contribution in [0.1, 0.15) is 24.0 Å². The van der Waals surface area contributed by atoms with Crippen LogP contribution in [-0.4, -0.2) is 6.54 Å². The molecule has 2 rings (SSSR count). The SMILES string of the molecule is Cc1cccc2c1NCCCC2.Cl. The fraction of sp³-hybridized carbons (Fsp3) is 0.455. The number of benzene rings is 1. The zero-order chi connectivity index (χ0) is 8.39. The van der Waals surface area contributed by atoms with E-state index in [4.69, 9.17) is 0 Å². The Morgan fingerprint density at radius 2 is 2.08 bits per heavy atom. The monoisotopic (exact) mass is 197 g/mol. The van der Waals surface area contributed by atoms with Crippen molar-refractivity contribution in [1.29, 1.82) is 0 Å². The Morgan fingerprint density at radius 3 is 2.92 bits per heavy atom. The van der Waals surface area contributed by atoms with Gasteiger partial charge < -0.3 is 5.32 Å². The lowest BCUT2D eigenvalue weighted by molar-refractivity contribution is 0.785. The minimum atomic E-state index is 0. The highest BCUT2D eigenvalue weighted by Crippen LogP contribution is 2.24. The molecule has 0 saturated carbocycles. The summed E-state index contributed by atoms with van der Waals surface area (Å²) in [6.45, 7) is 3.31. The van der Waals surface area contributed by atoms with Crippen LogP contribution < -0.4 is 5.32 Å². The highest BCUT2D eigenvalue weighted by Gasteiger charge is 2.07. The molecule has 1 heterocycles. The molecule has 0 saturated heterocycles. The van der Waals surface area contributed by atoms with Crippen molar-refractivity contribution in [2.45, 2.75) is 26.2 Å². The molecule has 0 atom stereocenters. The number of rotatable bonds is 0. The van der Waals surface area contributed by atoms with E-state index in [1.54, 1.807) is 0 Å². The van der Waals surface area contributed by atoms with E-state index in [1.807, 2.05) is 0 Å². The lowest BCUT2D eigenvalue weighted by Gasteiger charge is -2.09. The minimum absolute atomic E-state index is 0. The molecule has 0 spiro atoms. The number of nitrogens with one attached hydrogen (secondary N) is 1. The quantitative estimate of drug-likeness (QED) is 0.674. The van der Waals surface area contributed by atoms with E-state index in [0.717, 1.165) is 6.54 Å². The fourth-order valence-electron chi connectivity index (χ4n) is 1.84. The molecule has 1 N–H and O–H groups in total. The molecular weight excluding hydrogens is 182 g/mol. The van der Waals surface area contributed by atoms with Gasteiger partial charge >= 0.3 is 0 Å². The van der Waals surface area contributed by atoms with E-state index in [1.165, 1.54) is 36.1 Å². The molecule has 13 heavy (non-hydrogen) atoms. The molecule has 1 aliphatic heterocycles. The van der Waals surface area contributed by atoms with Gasteiger partial charge in [-0.15, -0.1) is 12.4 Å². The summed E-state index contributed by atoms with van der Waals surface area (Å²) in [6, 6.07) is 6.57. The molecule has 0 aliphatic carbocycles. The van der Waals surface area contributed by atoms with Crippen molar-refractivity contribution in [2.24, 2.45) is 0 Å². The van der Waals surface area contributed by atoms with Crippen LogP contribution >= 0.6 is 12.4 Å². The van der Waals surface area contributed by atoms with Gasteiger partial charge in [0.1, 0.15) is 0 Å². The maximum Gasteiger partial charge on any atom is 0.0402 e. The highest BCUT2D eigenvalue weighted by molar-refractivity contribution is 5.85. The summed E-state index contributed by atoms with van der Waals surface area (Å²) in [4.78, 5) is 0. The Kier molecular flexibility index (Phi) is 3.61. The van der Waals surface area contributed by atoms with Crippen molar-refractivity contribution in [3.8, 4) is 0 Å². The maximum absolute atomic E-state index is 3.49. The Labute approximate surface area is 86.0 Å². The second-order valence-corrected chi connectivity index (χ2v) is 3.49. The molecule has 1 aromatic rings. The Hall–Kier alpha value is -0.690. The number of halogens is 1. The second kappa shape index (κ2) is 4.52. The van der Waals surface area contributed by atoms with Crippen LogP contribution in [-0.2, 0) is 6.42 Å². The number of fused-ring (bicyclic) bond motifs is 1. The number of hydrogen-bond donors (Lipinski definition) is 1. The van der Waals surface area contributed by atoms with Crippen LogP contribution in [0, 0.1) is 6.92 Å². The van der Waals surface area contributed by atoms with Gasteiger partial charge in [0, 0.05) is 12.2 Å². The van der Waals surface area contributed by atoms with Gasteiger partial charge in [-0.25, -0.2) is 0 Å². The van der Waals surface area contributed by atoms with Crippen molar-refractivity contribution in [3.05, 3.63) is 29.3 Å². The normalized spacial score (nSPS) is 14.8. The predicted molar refractivity (Wildman–Crippen MR) is 59.9 cm³/mol. The second-order valence-electron chi connectivity index (χ2n) is 3.49. The highest BCUT2D eigenvalue weighted by atomic mass is 35.5. The summed E-state index contributed by atoms with van der Waals surface area (Å²) in [6.07, 6.45) is 3.86. The van der Waals surface area contributed by atoms with Gasteiger partial charge in [-0.3, -0.25) is 0 Å². The average molecular weight is 198 g/mol. The molecule has 0 amide bonds. The molecule has 1 aliphatic rings. The fourth-order valence-corrected chi connectivity index (χ4v) is 1.84. The molecular formula is C11H16ClN. The Bertz CT molecular complexity index is 283. The van der Waals surface area contributed by atoms with Crippen molar-refractivity contribution >= 4 is 18.1 Å². The van der Waals surface area contributed by atoms with Crippen molar-refractivity contribution < 1.29 is 0 Å². The molecule has 1 aromatic carbocycles. The number of hydrogen-bond acceptors (Lipinski definition) is 1. The molecule has 0 bridgehead atoms. The standard InChI is InChI=1S/C11H15N.ClH/c1-9-5-4-7-10-6-2-3-8-12-11(9)10;/h4-5,7,12H,2-3,6,8H2,1H3;1H. The van der Waals surface area contributed by atoms with Crippen molar-refractivity contribution in [2.75, 3.05) is 11.9 Å². The molecule has 72 valence electrons. The van der Waals surface area contributed by atoms with Crippen LogP contribution in [0.4, 0.5) is 5.69 Å².